The molecular formula is C19H17BrN4O2S2. The van der Waals surface area contributed by atoms with Crippen LogP contribution in [0.2, 0.25) is 0 Å². The first-order chi connectivity index (χ1) is 13.4. The molecule has 6 nitrogen and oxygen atoms in total. The molecule has 2 aromatic carbocycles. The van der Waals surface area contributed by atoms with E-state index in [0.29, 0.717) is 19.5 Å². The number of rotatable bonds is 6. The predicted octanol–water partition coefficient (Wildman–Crippen LogP) is 4.90. The highest BCUT2D eigenvalue weighted by Gasteiger charge is 2.14. The fraction of sp³-hybridized carbons (Fsp3) is 0.158. The minimum atomic E-state index is -0.271. The second-order valence-electron chi connectivity index (χ2n) is 5.96. The zero-order chi connectivity index (χ0) is 20.1. The third-order valence-corrected chi connectivity index (χ3v) is 6.39. The second kappa shape index (κ2) is 9.31. The second-order valence-corrected chi connectivity index (χ2v) is 9.02. The first-order valence-corrected chi connectivity index (χ1v) is 10.9. The molecule has 0 atom stereocenters. The number of aromatic nitrogens is 2. The average molecular weight is 477 g/mol. The van der Waals surface area contributed by atoms with E-state index in [4.69, 9.17) is 0 Å². The van der Waals surface area contributed by atoms with Crippen molar-refractivity contribution in [1.82, 2.24) is 10.2 Å². The molecule has 0 bridgehead atoms. The van der Waals surface area contributed by atoms with Gasteiger partial charge in [-0.15, -0.1) is 10.2 Å². The van der Waals surface area contributed by atoms with Gasteiger partial charge in [0.05, 0.1) is 11.3 Å². The van der Waals surface area contributed by atoms with Gasteiger partial charge in [0.15, 0.2) is 4.34 Å². The minimum absolute atomic E-state index is 0.119. The Bertz CT molecular complexity index is 1020. The van der Waals surface area contributed by atoms with Crippen molar-refractivity contribution in [3.8, 4) is 0 Å². The van der Waals surface area contributed by atoms with Crippen molar-refractivity contribution in [2.24, 2.45) is 0 Å². The summed E-state index contributed by atoms with van der Waals surface area (Å²) in [6, 6.07) is 13.0. The van der Waals surface area contributed by atoms with E-state index < -0.39 is 0 Å². The zero-order valence-electron chi connectivity index (χ0n) is 15.2. The molecular weight excluding hydrogens is 460 g/mol. The molecule has 0 fully saturated rings. The maximum absolute atomic E-state index is 12.3. The summed E-state index contributed by atoms with van der Waals surface area (Å²) in [6.45, 7) is 3.97. The summed E-state index contributed by atoms with van der Waals surface area (Å²) in [6.07, 6.45) is 0. The third-order valence-electron chi connectivity index (χ3n) is 3.73. The maximum Gasteiger partial charge on any atom is 0.258 e. The molecule has 3 rings (SSSR count). The highest BCUT2D eigenvalue weighted by atomic mass is 79.9. The lowest BCUT2D eigenvalue weighted by molar-refractivity contribution is -0.113. The Morgan fingerprint density at radius 1 is 1.11 bits per heavy atom. The van der Waals surface area contributed by atoms with Crippen LogP contribution in [0.4, 0.5) is 10.8 Å². The molecule has 2 N–H and O–H groups in total. The third kappa shape index (κ3) is 5.40. The number of anilines is 2. The molecule has 28 heavy (non-hydrogen) atoms. The van der Waals surface area contributed by atoms with Gasteiger partial charge in [-0.05, 0) is 53.5 Å². The molecule has 0 unspecified atom stereocenters. The fourth-order valence-electron chi connectivity index (χ4n) is 2.40. The Balaban J connectivity index is 1.54. The molecule has 0 spiro atoms. The van der Waals surface area contributed by atoms with Gasteiger partial charge < -0.3 is 5.32 Å². The number of hydrogen-bond donors (Lipinski definition) is 2. The molecule has 1 aromatic heterocycles. The van der Waals surface area contributed by atoms with E-state index in [1.54, 1.807) is 18.2 Å². The molecule has 0 aliphatic carbocycles. The quantitative estimate of drug-likeness (QED) is 0.390. The zero-order valence-corrected chi connectivity index (χ0v) is 18.4. The molecule has 3 aromatic rings. The average Bonchev–Trinajstić information content (AvgIpc) is 3.10. The van der Waals surface area contributed by atoms with Crippen LogP contribution in [0.5, 0.6) is 0 Å². The number of carbonyl (C=O) groups is 2. The van der Waals surface area contributed by atoms with Crippen LogP contribution in [-0.4, -0.2) is 27.8 Å². The molecule has 0 aliphatic rings. The van der Waals surface area contributed by atoms with Crippen LogP contribution in [0.25, 0.3) is 0 Å². The van der Waals surface area contributed by atoms with Crippen molar-refractivity contribution in [2.45, 2.75) is 18.2 Å². The predicted molar refractivity (Wildman–Crippen MR) is 117 cm³/mol. The van der Waals surface area contributed by atoms with E-state index in [1.165, 1.54) is 23.1 Å². The first-order valence-electron chi connectivity index (χ1n) is 8.31. The lowest BCUT2D eigenvalue weighted by Gasteiger charge is -2.08. The highest BCUT2D eigenvalue weighted by molar-refractivity contribution is 9.10. The van der Waals surface area contributed by atoms with Crippen LogP contribution < -0.4 is 10.6 Å². The van der Waals surface area contributed by atoms with E-state index in [1.807, 2.05) is 38.1 Å². The number of carbonyl (C=O) groups excluding carboxylic acids is 2. The summed E-state index contributed by atoms with van der Waals surface area (Å²) in [5.74, 6) is -0.182. The van der Waals surface area contributed by atoms with E-state index in [0.717, 1.165) is 16.8 Å². The van der Waals surface area contributed by atoms with E-state index >= 15 is 0 Å². The molecule has 0 aliphatic heterocycles. The van der Waals surface area contributed by atoms with E-state index in [9.17, 15) is 9.59 Å². The van der Waals surface area contributed by atoms with Crippen LogP contribution >= 0.6 is 39.0 Å². The number of benzene rings is 2. The number of hydrogen-bond acceptors (Lipinski definition) is 6. The van der Waals surface area contributed by atoms with Crippen molar-refractivity contribution in [1.29, 1.82) is 0 Å². The summed E-state index contributed by atoms with van der Waals surface area (Å²) in [7, 11) is 0. The van der Waals surface area contributed by atoms with Crippen molar-refractivity contribution >= 4 is 61.7 Å². The molecule has 0 saturated carbocycles. The van der Waals surface area contributed by atoms with Gasteiger partial charge in [0, 0.05) is 10.2 Å². The van der Waals surface area contributed by atoms with Gasteiger partial charge in [-0.25, -0.2) is 0 Å². The Hall–Kier alpha value is -2.23. The monoisotopic (exact) mass is 476 g/mol. The summed E-state index contributed by atoms with van der Waals surface area (Å²) >= 11 is 5.85. The van der Waals surface area contributed by atoms with Gasteiger partial charge >= 0.3 is 0 Å². The number of nitrogens with one attached hydrogen (secondary N) is 2. The number of nitrogens with zero attached hydrogens (tertiary/aromatic N) is 2. The maximum atomic E-state index is 12.3. The molecule has 144 valence electrons. The van der Waals surface area contributed by atoms with E-state index in [-0.39, 0.29) is 17.6 Å². The Morgan fingerprint density at radius 3 is 2.64 bits per heavy atom. The van der Waals surface area contributed by atoms with E-state index in [2.05, 4.69) is 36.8 Å². The number of halogens is 1. The molecule has 1 heterocycles. The largest absolute Gasteiger partial charge is 0.325 e. The lowest BCUT2D eigenvalue weighted by Crippen LogP contribution is -2.14. The van der Waals surface area contributed by atoms with Gasteiger partial charge in [0.2, 0.25) is 11.0 Å². The van der Waals surface area contributed by atoms with Gasteiger partial charge in [-0.3, -0.25) is 14.9 Å². The topological polar surface area (TPSA) is 84.0 Å². The normalized spacial score (nSPS) is 10.5. The summed E-state index contributed by atoms with van der Waals surface area (Å²) in [5, 5.41) is 14.0. The van der Waals surface area contributed by atoms with Gasteiger partial charge in [-0.1, -0.05) is 52.9 Å². The van der Waals surface area contributed by atoms with Gasteiger partial charge in [0.1, 0.15) is 0 Å². The molecule has 9 heteroatoms. The SMILES string of the molecule is Cc1ccc(NC(=O)CSc2nnc(NC(=O)c3ccccc3Br)s2)c(C)c1. The molecule has 0 saturated heterocycles. The van der Waals surface area contributed by atoms with Crippen LogP contribution in [0.1, 0.15) is 21.5 Å². The number of aryl methyl sites for hydroxylation is 2. The van der Waals surface area contributed by atoms with Crippen LogP contribution in [0, 0.1) is 13.8 Å². The number of amides is 2. The standard InChI is InChI=1S/C19H17BrN4O2S2/c1-11-7-8-15(12(2)9-11)21-16(25)10-27-19-24-23-18(28-19)22-17(26)13-5-3-4-6-14(13)20/h3-9H,10H2,1-2H3,(H,21,25)(H,22,23,26). The molecule has 2 amide bonds. The van der Waals surface area contributed by atoms with Gasteiger partial charge in [-0.2, -0.15) is 0 Å². The van der Waals surface area contributed by atoms with Crippen molar-refractivity contribution < 1.29 is 9.59 Å². The number of thioether (sulfide) groups is 1. The Kier molecular flexibility index (Phi) is 6.82. The first kappa shape index (κ1) is 20.5. The van der Waals surface area contributed by atoms with Crippen molar-refractivity contribution in [3.63, 3.8) is 0 Å². The fourth-order valence-corrected chi connectivity index (χ4v) is 4.41. The van der Waals surface area contributed by atoms with Crippen LogP contribution in [0.15, 0.2) is 51.3 Å². The summed E-state index contributed by atoms with van der Waals surface area (Å²) < 4.78 is 1.31. The van der Waals surface area contributed by atoms with Crippen molar-refractivity contribution in [2.75, 3.05) is 16.4 Å². The summed E-state index contributed by atoms with van der Waals surface area (Å²) in [5.41, 5.74) is 3.48. The Morgan fingerprint density at radius 2 is 1.89 bits per heavy atom. The molecule has 0 radical (unpaired) electrons. The Labute approximate surface area is 179 Å². The van der Waals surface area contributed by atoms with Crippen LogP contribution in [0.3, 0.4) is 0 Å². The lowest BCUT2D eigenvalue weighted by atomic mass is 10.1. The van der Waals surface area contributed by atoms with Crippen LogP contribution in [-0.2, 0) is 4.79 Å². The smallest absolute Gasteiger partial charge is 0.258 e. The van der Waals surface area contributed by atoms with Gasteiger partial charge in [0.25, 0.3) is 5.91 Å². The van der Waals surface area contributed by atoms with Crippen molar-refractivity contribution in [3.05, 3.63) is 63.6 Å². The highest BCUT2D eigenvalue weighted by Crippen LogP contribution is 2.27. The minimum Gasteiger partial charge on any atom is -0.325 e. The summed E-state index contributed by atoms with van der Waals surface area (Å²) in [4.78, 5) is 24.5.